The molecule has 4 aromatic rings. The minimum absolute atomic E-state index is 0.00190. The second-order valence-corrected chi connectivity index (χ2v) is 11.3. The Kier molecular flexibility index (Phi) is 6.10. The monoisotopic (exact) mass is 566 g/mol. The molecule has 4 amide bonds. The van der Waals surface area contributed by atoms with Crippen LogP contribution in [0.2, 0.25) is 0 Å². The van der Waals surface area contributed by atoms with Crippen LogP contribution < -0.4 is 15.5 Å². The summed E-state index contributed by atoms with van der Waals surface area (Å²) < 4.78 is 1.93. The lowest BCUT2D eigenvalue weighted by Gasteiger charge is -2.17. The van der Waals surface area contributed by atoms with Crippen molar-refractivity contribution in [3.8, 4) is 0 Å². The second kappa shape index (κ2) is 9.86. The topological polar surface area (TPSA) is 151 Å². The number of imide groups is 1. The highest BCUT2D eigenvalue weighted by molar-refractivity contribution is 6.13. The molecule has 2 N–H and O–H groups in total. The fraction of sp³-hybridized carbons (Fsp3) is 0.379. The summed E-state index contributed by atoms with van der Waals surface area (Å²) in [6.45, 7) is 4.09. The first kappa shape index (κ1) is 26.0. The molecule has 3 aliphatic rings. The molecule has 13 nitrogen and oxygen atoms in total. The average molecular weight is 567 g/mol. The van der Waals surface area contributed by atoms with Crippen molar-refractivity contribution in [3.05, 3.63) is 65.3 Å². The number of anilines is 3. The third kappa shape index (κ3) is 4.91. The molecule has 1 saturated heterocycles. The van der Waals surface area contributed by atoms with Gasteiger partial charge in [0.1, 0.15) is 18.2 Å². The first-order chi connectivity index (χ1) is 20.2. The Labute approximate surface area is 241 Å². The highest BCUT2D eigenvalue weighted by Gasteiger charge is 2.46. The molecule has 0 radical (unpaired) electrons. The number of likely N-dealkylation sites (N-methyl/N-ethyl adjacent to an activating group) is 1. The summed E-state index contributed by atoms with van der Waals surface area (Å²) in [4.78, 5) is 63.0. The molecule has 214 valence electrons. The number of amides is 4. The van der Waals surface area contributed by atoms with E-state index in [-0.39, 0.29) is 42.2 Å². The number of pyridine rings is 1. The molecule has 0 bridgehead atoms. The molecule has 2 aliphatic carbocycles. The van der Waals surface area contributed by atoms with Gasteiger partial charge < -0.3 is 9.72 Å². The van der Waals surface area contributed by atoms with Crippen molar-refractivity contribution in [1.82, 2.24) is 34.2 Å². The zero-order valence-corrected chi connectivity index (χ0v) is 23.5. The smallest absolute Gasteiger partial charge is 0.331 e. The van der Waals surface area contributed by atoms with Crippen LogP contribution in [0, 0.1) is 19.8 Å². The van der Waals surface area contributed by atoms with Crippen molar-refractivity contribution in [2.75, 3.05) is 29.1 Å². The molecular formula is C29H30N10O3. The summed E-state index contributed by atoms with van der Waals surface area (Å²) in [7, 11) is 1.50. The van der Waals surface area contributed by atoms with Gasteiger partial charge in [-0.2, -0.15) is 4.98 Å². The molecule has 42 heavy (non-hydrogen) atoms. The number of fused-ring (bicyclic) bond motifs is 1. The van der Waals surface area contributed by atoms with Gasteiger partial charge in [-0.3, -0.25) is 24.7 Å². The number of hydrogen-bond donors (Lipinski definition) is 2. The number of nitrogens with zero attached hydrogens (tertiary/aromatic N) is 8. The van der Waals surface area contributed by atoms with Gasteiger partial charge in [-0.15, -0.1) is 0 Å². The van der Waals surface area contributed by atoms with E-state index < -0.39 is 0 Å². The first-order valence-electron chi connectivity index (χ1n) is 14.0. The highest BCUT2D eigenvalue weighted by Crippen LogP contribution is 2.46. The maximum atomic E-state index is 12.9. The normalized spacial score (nSPS) is 20.0. The molecular weight excluding hydrogens is 536 g/mol. The Balaban J connectivity index is 1.07. The minimum Gasteiger partial charge on any atom is -0.364 e. The Morgan fingerprint density at radius 3 is 2.62 bits per heavy atom. The molecule has 7 rings (SSSR count). The number of carbonyl (C=O) groups excluding carboxylic acids is 3. The van der Waals surface area contributed by atoms with Crippen LogP contribution in [-0.4, -0.2) is 65.7 Å². The van der Waals surface area contributed by atoms with Gasteiger partial charge in [-0.1, -0.05) is 0 Å². The van der Waals surface area contributed by atoms with Crippen LogP contribution in [0.5, 0.6) is 0 Å². The Hall–Kier alpha value is -4.94. The SMILES string of the molecule is Cc1cc(NCc2cn3cc(C4CC4)cc(N4CC(=O)N(C)C4=O)c3n2)nc(NC(=O)[C@H]2C[C@@H]2c2nccc(C)n2)n1. The summed E-state index contributed by atoms with van der Waals surface area (Å²) in [6, 6.07) is 5.27. The number of hydrogen-bond acceptors (Lipinski definition) is 9. The van der Waals surface area contributed by atoms with Crippen molar-refractivity contribution >= 4 is 40.9 Å². The zero-order chi connectivity index (χ0) is 29.1. The number of rotatable bonds is 8. The lowest BCUT2D eigenvalue weighted by molar-refractivity contribution is -0.124. The maximum Gasteiger partial charge on any atom is 0.331 e. The quantitative estimate of drug-likeness (QED) is 0.307. The van der Waals surface area contributed by atoms with E-state index in [1.54, 1.807) is 12.3 Å². The van der Waals surface area contributed by atoms with E-state index in [2.05, 4.69) is 36.8 Å². The fourth-order valence-corrected chi connectivity index (χ4v) is 5.38. The third-order valence-corrected chi connectivity index (χ3v) is 7.94. The van der Waals surface area contributed by atoms with Crippen LogP contribution in [0.25, 0.3) is 5.65 Å². The van der Waals surface area contributed by atoms with Gasteiger partial charge in [0.15, 0.2) is 5.65 Å². The van der Waals surface area contributed by atoms with E-state index in [1.165, 1.54) is 11.9 Å². The Morgan fingerprint density at radius 2 is 1.88 bits per heavy atom. The number of urea groups is 1. The number of carbonyl (C=O) groups is 3. The lowest BCUT2D eigenvalue weighted by Crippen LogP contribution is -2.30. The molecule has 3 fully saturated rings. The molecule has 4 aromatic heterocycles. The Morgan fingerprint density at radius 1 is 1.05 bits per heavy atom. The van der Waals surface area contributed by atoms with E-state index in [1.807, 2.05) is 36.6 Å². The maximum absolute atomic E-state index is 12.9. The van der Waals surface area contributed by atoms with Crippen molar-refractivity contribution < 1.29 is 14.4 Å². The molecule has 0 aromatic carbocycles. The fourth-order valence-electron chi connectivity index (χ4n) is 5.38. The summed E-state index contributed by atoms with van der Waals surface area (Å²) in [5.74, 6) is 1.31. The van der Waals surface area contributed by atoms with Gasteiger partial charge in [0.05, 0.1) is 17.9 Å². The summed E-state index contributed by atoms with van der Waals surface area (Å²) in [5, 5.41) is 6.13. The van der Waals surface area contributed by atoms with E-state index in [9.17, 15) is 14.4 Å². The first-order valence-corrected chi connectivity index (χ1v) is 14.0. The highest BCUT2D eigenvalue weighted by atomic mass is 16.2. The Bertz CT molecular complexity index is 1760. The van der Waals surface area contributed by atoms with E-state index in [4.69, 9.17) is 4.98 Å². The van der Waals surface area contributed by atoms with Crippen LogP contribution in [-0.2, 0) is 16.1 Å². The largest absolute Gasteiger partial charge is 0.364 e. The van der Waals surface area contributed by atoms with E-state index >= 15 is 0 Å². The van der Waals surface area contributed by atoms with Crippen LogP contribution in [0.4, 0.5) is 22.2 Å². The van der Waals surface area contributed by atoms with Crippen molar-refractivity contribution in [2.45, 2.75) is 51.5 Å². The molecule has 1 aliphatic heterocycles. The molecule has 5 heterocycles. The van der Waals surface area contributed by atoms with Gasteiger partial charge in [-0.05, 0) is 56.7 Å². The molecule has 2 saturated carbocycles. The van der Waals surface area contributed by atoms with Crippen LogP contribution in [0.3, 0.4) is 0 Å². The summed E-state index contributed by atoms with van der Waals surface area (Å²) >= 11 is 0. The van der Waals surface area contributed by atoms with Crippen LogP contribution in [0.1, 0.15) is 59.6 Å². The van der Waals surface area contributed by atoms with Crippen LogP contribution in [0.15, 0.2) is 36.8 Å². The lowest BCUT2D eigenvalue weighted by atomic mass is 10.1. The van der Waals surface area contributed by atoms with Gasteiger partial charge in [0, 0.05) is 54.9 Å². The zero-order valence-electron chi connectivity index (χ0n) is 23.5. The molecule has 0 unspecified atom stereocenters. The van der Waals surface area contributed by atoms with E-state index in [0.717, 1.165) is 34.7 Å². The minimum atomic E-state index is -0.354. The third-order valence-electron chi connectivity index (χ3n) is 7.94. The predicted molar refractivity (Wildman–Crippen MR) is 153 cm³/mol. The molecule has 2 atom stereocenters. The van der Waals surface area contributed by atoms with Crippen LogP contribution >= 0.6 is 0 Å². The second-order valence-electron chi connectivity index (χ2n) is 11.3. The van der Waals surface area contributed by atoms with Crippen molar-refractivity contribution in [1.29, 1.82) is 0 Å². The number of aryl methyl sites for hydroxylation is 2. The van der Waals surface area contributed by atoms with Gasteiger partial charge >= 0.3 is 6.03 Å². The number of aromatic nitrogens is 6. The van der Waals surface area contributed by atoms with Crippen molar-refractivity contribution in [3.63, 3.8) is 0 Å². The van der Waals surface area contributed by atoms with Gasteiger partial charge in [-0.25, -0.2) is 24.7 Å². The van der Waals surface area contributed by atoms with Gasteiger partial charge in [0.25, 0.3) is 0 Å². The van der Waals surface area contributed by atoms with Crippen molar-refractivity contribution in [2.24, 2.45) is 5.92 Å². The average Bonchev–Trinajstić information content (AvgIpc) is 3.88. The predicted octanol–water partition coefficient (Wildman–Crippen LogP) is 3.16. The summed E-state index contributed by atoms with van der Waals surface area (Å²) in [5.41, 5.74) is 4.67. The number of imidazole rings is 1. The molecule has 0 spiro atoms. The van der Waals surface area contributed by atoms with E-state index in [0.29, 0.717) is 47.6 Å². The summed E-state index contributed by atoms with van der Waals surface area (Å²) in [6.07, 6.45) is 8.59. The number of nitrogens with one attached hydrogen (secondary N) is 2. The standard InChI is InChI=1S/C29H30N10O3/c1-15-6-7-30-25(32-15)20-10-21(20)27(41)36-28-33-16(2)8-23(35-28)31-11-19-13-38-12-18(17-4-5-17)9-22(26(38)34-19)39-14-24(40)37(3)29(39)42/h6-9,12-13,17,20-21H,4-5,10-11,14H2,1-3H3,(H2,31,33,35,36,41)/t20-,21-/m0/s1. The molecule has 13 heteroatoms. The van der Waals surface area contributed by atoms with Gasteiger partial charge in [0.2, 0.25) is 17.8 Å².